The van der Waals surface area contributed by atoms with E-state index in [-0.39, 0.29) is 11.8 Å². The Morgan fingerprint density at radius 2 is 2.11 bits per heavy atom. The Labute approximate surface area is 106 Å². The molecule has 4 heteroatoms. The smallest absolute Gasteiger partial charge is 0.338 e. The molecule has 3 nitrogen and oxygen atoms in total. The van der Waals surface area contributed by atoms with Gasteiger partial charge >= 0.3 is 5.97 Å². The second-order valence-electron chi connectivity index (χ2n) is 4.94. The summed E-state index contributed by atoms with van der Waals surface area (Å²) in [4.78, 5) is 11.9. The van der Waals surface area contributed by atoms with E-state index in [0.717, 1.165) is 19.3 Å². The topological polar surface area (TPSA) is 52.3 Å². The molecule has 0 aliphatic heterocycles. The molecule has 0 aromatic heterocycles. The monoisotopic (exact) mass is 251 g/mol. The van der Waals surface area contributed by atoms with E-state index in [1.807, 2.05) is 0 Å². The molecule has 2 atom stereocenters. The lowest BCUT2D eigenvalue weighted by molar-refractivity contribution is 0.00482. The minimum absolute atomic E-state index is 0.0267. The molecule has 0 amide bonds. The van der Waals surface area contributed by atoms with Gasteiger partial charge in [0.25, 0.3) is 0 Å². The number of hydrogen-bond donors (Lipinski definition) is 1. The van der Waals surface area contributed by atoms with Crippen molar-refractivity contribution < 1.29 is 13.9 Å². The molecule has 2 unspecified atom stereocenters. The van der Waals surface area contributed by atoms with E-state index >= 15 is 0 Å². The van der Waals surface area contributed by atoms with Crippen LogP contribution in [-0.4, -0.2) is 12.1 Å². The second-order valence-corrected chi connectivity index (χ2v) is 4.94. The number of ether oxygens (including phenoxy) is 1. The van der Waals surface area contributed by atoms with Crippen molar-refractivity contribution in [2.45, 2.75) is 38.7 Å². The van der Waals surface area contributed by atoms with Gasteiger partial charge in [-0.3, -0.25) is 0 Å². The average molecular weight is 251 g/mol. The molecule has 0 bridgehead atoms. The molecule has 1 aromatic carbocycles. The van der Waals surface area contributed by atoms with Crippen molar-refractivity contribution in [3.8, 4) is 0 Å². The number of rotatable bonds is 2. The van der Waals surface area contributed by atoms with Crippen LogP contribution in [0.2, 0.25) is 0 Å². The van der Waals surface area contributed by atoms with Gasteiger partial charge in [-0.15, -0.1) is 0 Å². The predicted molar refractivity (Wildman–Crippen MR) is 67.6 cm³/mol. The van der Waals surface area contributed by atoms with E-state index in [1.54, 1.807) is 0 Å². The number of carbonyl (C=O) groups is 1. The number of benzene rings is 1. The van der Waals surface area contributed by atoms with Crippen molar-refractivity contribution in [1.82, 2.24) is 0 Å². The minimum atomic E-state index is -0.516. The lowest BCUT2D eigenvalue weighted by atomic mass is 9.88. The first kappa shape index (κ1) is 12.9. The number of esters is 1. The van der Waals surface area contributed by atoms with Crippen LogP contribution < -0.4 is 5.73 Å². The molecule has 1 saturated carbocycles. The Balaban J connectivity index is 2.04. The molecule has 2 N–H and O–H groups in total. The Morgan fingerprint density at radius 3 is 2.78 bits per heavy atom. The summed E-state index contributed by atoms with van der Waals surface area (Å²) in [6.45, 7) is 2.09. The van der Waals surface area contributed by atoms with Crippen LogP contribution in [0.5, 0.6) is 0 Å². The van der Waals surface area contributed by atoms with Crippen molar-refractivity contribution in [2.24, 2.45) is 5.92 Å². The van der Waals surface area contributed by atoms with Gasteiger partial charge < -0.3 is 10.5 Å². The molecule has 0 spiro atoms. The SMILES string of the molecule is CC1CCCCC1OC(=O)c1ccc(F)c(N)c1. The molecular weight excluding hydrogens is 233 g/mol. The number of halogens is 1. The summed E-state index contributed by atoms with van der Waals surface area (Å²) in [6.07, 6.45) is 4.25. The van der Waals surface area contributed by atoms with Crippen LogP contribution in [-0.2, 0) is 4.74 Å². The quantitative estimate of drug-likeness (QED) is 0.649. The lowest BCUT2D eigenvalue weighted by Crippen LogP contribution is -2.28. The Hall–Kier alpha value is -1.58. The lowest BCUT2D eigenvalue weighted by Gasteiger charge is -2.28. The number of hydrogen-bond acceptors (Lipinski definition) is 3. The van der Waals surface area contributed by atoms with Crippen LogP contribution in [0.4, 0.5) is 10.1 Å². The molecule has 1 aliphatic rings. The highest BCUT2D eigenvalue weighted by Gasteiger charge is 2.25. The second kappa shape index (κ2) is 5.38. The normalized spacial score (nSPS) is 23.7. The summed E-state index contributed by atoms with van der Waals surface area (Å²) in [6, 6.07) is 3.92. The third-order valence-electron chi connectivity index (χ3n) is 3.52. The maximum atomic E-state index is 13.0. The molecule has 98 valence electrons. The van der Waals surface area contributed by atoms with Gasteiger partial charge in [-0.1, -0.05) is 13.3 Å². The van der Waals surface area contributed by atoms with Crippen LogP contribution >= 0.6 is 0 Å². The summed E-state index contributed by atoms with van der Waals surface area (Å²) < 4.78 is 18.5. The fourth-order valence-corrected chi connectivity index (χ4v) is 2.33. The number of carbonyl (C=O) groups excluding carboxylic acids is 1. The first-order chi connectivity index (χ1) is 8.58. The van der Waals surface area contributed by atoms with Crippen LogP contribution in [0.1, 0.15) is 43.0 Å². The molecule has 1 aromatic rings. The zero-order valence-corrected chi connectivity index (χ0v) is 10.5. The Bertz CT molecular complexity index is 447. The van der Waals surface area contributed by atoms with Crippen LogP contribution in [0.3, 0.4) is 0 Å². The zero-order valence-electron chi connectivity index (χ0n) is 10.5. The van der Waals surface area contributed by atoms with Gasteiger partial charge in [0, 0.05) is 0 Å². The number of nitrogens with two attached hydrogens (primary N) is 1. The van der Waals surface area contributed by atoms with Gasteiger partial charge in [-0.05, 0) is 43.4 Å². The third-order valence-corrected chi connectivity index (χ3v) is 3.52. The standard InChI is InChI=1S/C14H18FNO2/c1-9-4-2-3-5-13(9)18-14(17)10-6-7-11(15)12(16)8-10/h6-9,13H,2-5,16H2,1H3. The van der Waals surface area contributed by atoms with Crippen molar-refractivity contribution in [1.29, 1.82) is 0 Å². The van der Waals surface area contributed by atoms with Gasteiger partial charge in [-0.2, -0.15) is 0 Å². The van der Waals surface area contributed by atoms with E-state index < -0.39 is 11.8 Å². The zero-order chi connectivity index (χ0) is 13.1. The molecule has 1 aliphatic carbocycles. The summed E-state index contributed by atoms with van der Waals surface area (Å²) in [5.41, 5.74) is 5.72. The summed E-state index contributed by atoms with van der Waals surface area (Å²) in [7, 11) is 0. The molecule has 2 rings (SSSR count). The highest BCUT2D eigenvalue weighted by Crippen LogP contribution is 2.27. The Kier molecular flexibility index (Phi) is 3.84. The van der Waals surface area contributed by atoms with E-state index in [0.29, 0.717) is 11.5 Å². The summed E-state index contributed by atoms with van der Waals surface area (Å²) >= 11 is 0. The number of anilines is 1. The van der Waals surface area contributed by atoms with Gasteiger partial charge in [0.15, 0.2) is 0 Å². The fraction of sp³-hybridized carbons (Fsp3) is 0.500. The third kappa shape index (κ3) is 2.81. The number of nitrogen functional groups attached to an aromatic ring is 1. The summed E-state index contributed by atoms with van der Waals surface area (Å²) in [5.74, 6) is -0.543. The van der Waals surface area contributed by atoms with Crippen molar-refractivity contribution >= 4 is 11.7 Å². The summed E-state index contributed by atoms with van der Waals surface area (Å²) in [5, 5.41) is 0. The van der Waals surface area contributed by atoms with E-state index in [2.05, 4.69) is 6.92 Å². The maximum absolute atomic E-state index is 13.0. The van der Waals surface area contributed by atoms with Crippen LogP contribution in [0, 0.1) is 11.7 Å². The fourth-order valence-electron chi connectivity index (χ4n) is 2.33. The maximum Gasteiger partial charge on any atom is 0.338 e. The van der Waals surface area contributed by atoms with Crippen molar-refractivity contribution in [2.75, 3.05) is 5.73 Å². The van der Waals surface area contributed by atoms with Crippen molar-refractivity contribution in [3.05, 3.63) is 29.6 Å². The van der Waals surface area contributed by atoms with Crippen LogP contribution in [0.15, 0.2) is 18.2 Å². The van der Waals surface area contributed by atoms with Gasteiger partial charge in [0.2, 0.25) is 0 Å². The average Bonchev–Trinajstić information content (AvgIpc) is 2.35. The highest BCUT2D eigenvalue weighted by atomic mass is 19.1. The van der Waals surface area contributed by atoms with Crippen molar-refractivity contribution in [3.63, 3.8) is 0 Å². The molecule has 0 radical (unpaired) electrons. The first-order valence-corrected chi connectivity index (χ1v) is 6.34. The van der Waals surface area contributed by atoms with E-state index in [9.17, 15) is 9.18 Å². The largest absolute Gasteiger partial charge is 0.458 e. The van der Waals surface area contributed by atoms with Gasteiger partial charge in [-0.25, -0.2) is 9.18 Å². The highest BCUT2D eigenvalue weighted by molar-refractivity contribution is 5.90. The molecule has 0 heterocycles. The molecular formula is C14H18FNO2. The van der Waals surface area contributed by atoms with E-state index in [4.69, 9.17) is 10.5 Å². The van der Waals surface area contributed by atoms with E-state index in [1.165, 1.54) is 24.6 Å². The minimum Gasteiger partial charge on any atom is -0.458 e. The molecule has 1 fully saturated rings. The first-order valence-electron chi connectivity index (χ1n) is 6.34. The van der Waals surface area contributed by atoms with Gasteiger partial charge in [0.05, 0.1) is 11.3 Å². The molecule has 0 saturated heterocycles. The van der Waals surface area contributed by atoms with Crippen LogP contribution in [0.25, 0.3) is 0 Å². The van der Waals surface area contributed by atoms with Gasteiger partial charge in [0.1, 0.15) is 11.9 Å². The Morgan fingerprint density at radius 1 is 1.39 bits per heavy atom. The predicted octanol–water partition coefficient (Wildman–Crippen LogP) is 3.14. The molecule has 18 heavy (non-hydrogen) atoms.